The molecule has 12 heteroatoms. The molecule has 0 saturated carbocycles. The van der Waals surface area contributed by atoms with Gasteiger partial charge in [0.25, 0.3) is 5.69 Å². The van der Waals surface area contributed by atoms with Gasteiger partial charge in [-0.15, -0.1) is 11.3 Å². The zero-order valence-corrected chi connectivity index (χ0v) is 16.7. The van der Waals surface area contributed by atoms with Crippen molar-refractivity contribution in [1.82, 2.24) is 9.97 Å². The highest BCUT2D eigenvalue weighted by Gasteiger charge is 2.35. The van der Waals surface area contributed by atoms with Crippen molar-refractivity contribution in [3.63, 3.8) is 0 Å². The number of alkyl halides is 3. The van der Waals surface area contributed by atoms with Crippen LogP contribution in [0.15, 0.2) is 29.6 Å². The van der Waals surface area contributed by atoms with E-state index in [9.17, 15) is 28.1 Å². The van der Waals surface area contributed by atoms with Crippen molar-refractivity contribution in [2.75, 3.05) is 11.1 Å². The summed E-state index contributed by atoms with van der Waals surface area (Å²) in [5.74, 6) is -0.875. The zero-order chi connectivity index (χ0) is 21.3. The van der Waals surface area contributed by atoms with E-state index in [1.165, 1.54) is 17.7 Å². The minimum atomic E-state index is -4.86. The van der Waals surface area contributed by atoms with Gasteiger partial charge in [0.2, 0.25) is 5.91 Å². The maximum absolute atomic E-state index is 13.2. The summed E-state index contributed by atoms with van der Waals surface area (Å²) in [6, 6.07) is 2.18. The normalized spacial score (nSPS) is 11.6. The Morgan fingerprint density at radius 2 is 2.03 bits per heavy atom. The van der Waals surface area contributed by atoms with E-state index >= 15 is 0 Å². The standard InChI is InChI=1S/C17H13F3N4O3S2/c1-8-9(2)29-16-14(8)15(21-7-22-16)28-6-13(25)23-12-4-3-10(24(26)27)5-11(12)17(18,19)20/h3-5,7H,6H2,1-2H3,(H,23,25). The lowest BCUT2D eigenvalue weighted by atomic mass is 10.1. The second kappa shape index (κ2) is 7.95. The fourth-order valence-electron chi connectivity index (χ4n) is 2.57. The molecule has 0 aliphatic carbocycles. The van der Waals surface area contributed by atoms with Crippen LogP contribution in [0.1, 0.15) is 16.0 Å². The first-order valence-corrected chi connectivity index (χ1v) is 9.87. The number of thiophene rings is 1. The summed E-state index contributed by atoms with van der Waals surface area (Å²) >= 11 is 2.57. The van der Waals surface area contributed by atoms with Crippen LogP contribution >= 0.6 is 23.1 Å². The number of hydrogen-bond donors (Lipinski definition) is 1. The molecule has 1 amide bonds. The van der Waals surface area contributed by atoms with Crippen molar-refractivity contribution in [2.45, 2.75) is 25.0 Å². The van der Waals surface area contributed by atoms with Gasteiger partial charge in [0.15, 0.2) is 0 Å². The number of non-ortho nitro benzene ring substituents is 1. The molecule has 0 fully saturated rings. The fourth-order valence-corrected chi connectivity index (χ4v) is 4.49. The van der Waals surface area contributed by atoms with Crippen LogP contribution in [0.25, 0.3) is 10.2 Å². The number of carbonyl (C=O) groups excluding carboxylic acids is 1. The van der Waals surface area contributed by atoms with Gasteiger partial charge in [0.1, 0.15) is 16.2 Å². The van der Waals surface area contributed by atoms with Crippen LogP contribution in [-0.2, 0) is 11.0 Å². The van der Waals surface area contributed by atoms with Crippen molar-refractivity contribution in [2.24, 2.45) is 0 Å². The predicted octanol–water partition coefficient (Wildman–Crippen LogP) is 4.97. The van der Waals surface area contributed by atoms with Crippen molar-refractivity contribution < 1.29 is 22.9 Å². The Hall–Kier alpha value is -2.73. The molecule has 3 rings (SSSR count). The molecular weight excluding hydrogens is 429 g/mol. The fraction of sp³-hybridized carbons (Fsp3) is 0.235. The predicted molar refractivity (Wildman–Crippen MR) is 104 cm³/mol. The Kier molecular flexibility index (Phi) is 5.75. The number of fused-ring (bicyclic) bond motifs is 1. The zero-order valence-electron chi connectivity index (χ0n) is 15.0. The number of hydrogen-bond acceptors (Lipinski definition) is 7. The molecule has 2 heterocycles. The van der Waals surface area contributed by atoms with E-state index in [4.69, 9.17) is 0 Å². The van der Waals surface area contributed by atoms with Gasteiger partial charge in [-0.3, -0.25) is 14.9 Å². The lowest BCUT2D eigenvalue weighted by Gasteiger charge is -2.13. The van der Waals surface area contributed by atoms with Crippen molar-refractivity contribution >= 4 is 50.6 Å². The van der Waals surface area contributed by atoms with Crippen molar-refractivity contribution in [3.05, 3.63) is 50.6 Å². The Bertz CT molecular complexity index is 1120. The number of nitro groups is 1. The van der Waals surface area contributed by atoms with Gasteiger partial charge in [0.05, 0.1) is 21.9 Å². The van der Waals surface area contributed by atoms with Crippen molar-refractivity contribution in [1.29, 1.82) is 0 Å². The third-order valence-corrected chi connectivity index (χ3v) is 6.17. The molecule has 1 aromatic carbocycles. The van der Waals surface area contributed by atoms with E-state index in [2.05, 4.69) is 15.3 Å². The van der Waals surface area contributed by atoms with Gasteiger partial charge >= 0.3 is 6.18 Å². The summed E-state index contributed by atoms with van der Waals surface area (Å²) in [4.78, 5) is 32.3. The molecule has 1 N–H and O–H groups in total. The average molecular weight is 442 g/mol. The Morgan fingerprint density at radius 1 is 1.31 bits per heavy atom. The summed E-state index contributed by atoms with van der Waals surface area (Å²) < 4.78 is 39.7. The van der Waals surface area contributed by atoms with E-state index in [-0.39, 0.29) is 5.75 Å². The van der Waals surface area contributed by atoms with Crippen molar-refractivity contribution in [3.8, 4) is 0 Å². The number of nitro benzene ring substituents is 1. The van der Waals surface area contributed by atoms with Crippen LogP contribution in [0.3, 0.4) is 0 Å². The van der Waals surface area contributed by atoms with Crippen LogP contribution in [0.5, 0.6) is 0 Å². The molecule has 0 aliphatic heterocycles. The van der Waals surface area contributed by atoms with Gasteiger partial charge in [0, 0.05) is 22.4 Å². The second-order valence-corrected chi connectivity index (χ2v) is 8.13. The molecule has 0 bridgehead atoms. The highest BCUT2D eigenvalue weighted by molar-refractivity contribution is 8.00. The first-order chi connectivity index (χ1) is 13.6. The summed E-state index contributed by atoms with van der Waals surface area (Å²) in [7, 11) is 0. The molecule has 152 valence electrons. The highest BCUT2D eigenvalue weighted by atomic mass is 32.2. The summed E-state index contributed by atoms with van der Waals surface area (Å²) in [5, 5.41) is 14.3. The monoisotopic (exact) mass is 442 g/mol. The molecule has 2 aromatic heterocycles. The van der Waals surface area contributed by atoms with Gasteiger partial charge in [-0.1, -0.05) is 11.8 Å². The first kappa shape index (κ1) is 21.0. The third-order valence-electron chi connectivity index (χ3n) is 4.06. The Labute approximate surface area is 170 Å². The molecular formula is C17H13F3N4O3S2. The first-order valence-electron chi connectivity index (χ1n) is 8.07. The number of anilines is 1. The molecule has 0 spiro atoms. The number of aryl methyl sites for hydroxylation is 2. The number of nitrogens with one attached hydrogen (secondary N) is 1. The molecule has 0 atom stereocenters. The van der Waals surface area contributed by atoms with Crippen LogP contribution < -0.4 is 5.32 Å². The lowest BCUT2D eigenvalue weighted by Crippen LogP contribution is -2.18. The lowest BCUT2D eigenvalue weighted by molar-refractivity contribution is -0.385. The van der Waals surface area contributed by atoms with E-state index < -0.39 is 33.9 Å². The average Bonchev–Trinajstić information content (AvgIpc) is 2.94. The Morgan fingerprint density at radius 3 is 2.69 bits per heavy atom. The largest absolute Gasteiger partial charge is 0.418 e. The molecule has 7 nitrogen and oxygen atoms in total. The minimum Gasteiger partial charge on any atom is -0.325 e. The highest BCUT2D eigenvalue weighted by Crippen LogP contribution is 2.38. The second-order valence-electron chi connectivity index (χ2n) is 5.96. The number of carbonyl (C=O) groups is 1. The third kappa shape index (κ3) is 4.48. The molecule has 0 aliphatic rings. The van der Waals surface area contributed by atoms with Crippen LogP contribution in [-0.4, -0.2) is 26.6 Å². The summed E-state index contributed by atoms with van der Waals surface area (Å²) in [6.07, 6.45) is -3.48. The molecule has 0 unspecified atom stereocenters. The van der Waals surface area contributed by atoms with Crippen LogP contribution in [0.4, 0.5) is 24.5 Å². The van der Waals surface area contributed by atoms with Crippen LogP contribution in [0.2, 0.25) is 0 Å². The van der Waals surface area contributed by atoms with Gasteiger partial charge < -0.3 is 5.32 Å². The topological polar surface area (TPSA) is 98.0 Å². The van der Waals surface area contributed by atoms with E-state index in [1.807, 2.05) is 13.8 Å². The summed E-state index contributed by atoms with van der Waals surface area (Å²) in [5.41, 5.74) is -1.54. The number of benzene rings is 1. The Balaban J connectivity index is 1.79. The van der Waals surface area contributed by atoms with E-state index in [0.29, 0.717) is 11.1 Å². The maximum Gasteiger partial charge on any atom is 0.418 e. The smallest absolute Gasteiger partial charge is 0.325 e. The number of rotatable bonds is 5. The van der Waals surface area contributed by atoms with Gasteiger partial charge in [-0.25, -0.2) is 9.97 Å². The number of aromatic nitrogens is 2. The number of halogens is 3. The maximum atomic E-state index is 13.2. The van der Waals surface area contributed by atoms with E-state index in [0.717, 1.165) is 44.6 Å². The minimum absolute atomic E-state index is 0.186. The number of nitrogens with zero attached hydrogens (tertiary/aromatic N) is 3. The quantitative estimate of drug-likeness (QED) is 0.259. The number of thioether (sulfide) groups is 1. The summed E-state index contributed by atoms with van der Waals surface area (Å²) in [6.45, 7) is 3.85. The van der Waals surface area contributed by atoms with Gasteiger partial charge in [-0.05, 0) is 25.5 Å². The molecule has 3 aromatic rings. The molecule has 29 heavy (non-hydrogen) atoms. The SMILES string of the molecule is Cc1sc2ncnc(SCC(=O)Nc3ccc([N+](=O)[O-])cc3C(F)(F)F)c2c1C. The number of amides is 1. The molecule has 0 saturated heterocycles. The molecule has 0 radical (unpaired) electrons. The van der Waals surface area contributed by atoms with Crippen LogP contribution in [0, 0.1) is 24.0 Å². The van der Waals surface area contributed by atoms with E-state index in [1.54, 1.807) is 0 Å². The van der Waals surface area contributed by atoms with Gasteiger partial charge in [-0.2, -0.15) is 13.2 Å².